The van der Waals surface area contributed by atoms with E-state index in [1.54, 1.807) is 0 Å². The van der Waals surface area contributed by atoms with E-state index in [-0.39, 0.29) is 10.6 Å². The van der Waals surface area contributed by atoms with Crippen LogP contribution in [-0.2, 0) is 5.92 Å². The van der Waals surface area contributed by atoms with Gasteiger partial charge in [0.05, 0.1) is 4.11 Å². The standard InChI is InChI=1S/C7H6BrF2N/c1-7(9,10)5-3-2-4-6(8)11-5/h2-4H,1H3/i2D,3D,4D. The lowest BCUT2D eigenvalue weighted by Gasteiger charge is -2.08. The summed E-state index contributed by atoms with van der Waals surface area (Å²) in [6, 6.07) is -1.61. The van der Waals surface area contributed by atoms with Crippen LogP contribution in [0.1, 0.15) is 16.7 Å². The molecular weight excluding hydrogens is 216 g/mol. The third-order valence-corrected chi connectivity index (χ3v) is 1.35. The molecule has 0 amide bonds. The maximum Gasteiger partial charge on any atom is 0.287 e. The lowest BCUT2D eigenvalue weighted by Crippen LogP contribution is -2.09. The molecule has 4 heteroatoms. The van der Waals surface area contributed by atoms with Gasteiger partial charge in [0.2, 0.25) is 0 Å². The molecule has 0 saturated heterocycles. The van der Waals surface area contributed by atoms with Crippen molar-refractivity contribution in [2.75, 3.05) is 0 Å². The van der Waals surface area contributed by atoms with Crippen LogP contribution in [0.15, 0.2) is 22.7 Å². The van der Waals surface area contributed by atoms with Crippen molar-refractivity contribution in [3.05, 3.63) is 28.4 Å². The van der Waals surface area contributed by atoms with Gasteiger partial charge >= 0.3 is 0 Å². The average Bonchev–Trinajstić information content (AvgIpc) is 2.06. The van der Waals surface area contributed by atoms with Crippen LogP contribution in [0.2, 0.25) is 0 Å². The minimum absolute atomic E-state index is 0.143. The Morgan fingerprint density at radius 1 is 1.64 bits per heavy atom. The number of rotatable bonds is 1. The number of nitrogens with zero attached hydrogens (tertiary/aromatic N) is 1. The fourth-order valence-corrected chi connectivity index (χ4v) is 0.780. The van der Waals surface area contributed by atoms with Crippen LogP contribution in [0.25, 0.3) is 0 Å². The second-order valence-electron chi connectivity index (χ2n) is 2.01. The van der Waals surface area contributed by atoms with Crippen molar-refractivity contribution < 1.29 is 12.9 Å². The van der Waals surface area contributed by atoms with Crippen molar-refractivity contribution in [3.63, 3.8) is 0 Å². The fraction of sp³-hybridized carbons (Fsp3) is 0.286. The van der Waals surface area contributed by atoms with Gasteiger partial charge in [-0.15, -0.1) is 0 Å². The van der Waals surface area contributed by atoms with E-state index in [0.29, 0.717) is 6.92 Å². The molecule has 1 aromatic heterocycles. The van der Waals surface area contributed by atoms with Gasteiger partial charge < -0.3 is 0 Å². The second-order valence-corrected chi connectivity index (χ2v) is 2.77. The third-order valence-electron chi connectivity index (χ3n) is 0.972. The van der Waals surface area contributed by atoms with E-state index in [1.165, 1.54) is 0 Å². The normalized spacial score (nSPS) is 15.5. The van der Waals surface area contributed by atoms with Crippen LogP contribution in [0, 0.1) is 0 Å². The van der Waals surface area contributed by atoms with Crippen molar-refractivity contribution in [1.29, 1.82) is 0 Å². The summed E-state index contributed by atoms with van der Waals surface area (Å²) in [6.07, 6.45) is 0. The average molecular weight is 225 g/mol. The molecule has 0 radical (unpaired) electrons. The Morgan fingerprint density at radius 2 is 2.27 bits per heavy atom. The summed E-state index contributed by atoms with van der Waals surface area (Å²) in [5.41, 5.74) is -0.787. The first kappa shape index (κ1) is 5.19. The Balaban J connectivity index is 3.49. The summed E-state index contributed by atoms with van der Waals surface area (Å²) in [6.45, 7) is 0.600. The van der Waals surface area contributed by atoms with Gasteiger partial charge in [-0.25, -0.2) is 4.98 Å². The number of halogens is 3. The Morgan fingerprint density at radius 3 is 2.82 bits per heavy atom. The smallest absolute Gasteiger partial charge is 0.240 e. The number of pyridine rings is 1. The highest BCUT2D eigenvalue weighted by atomic mass is 79.9. The molecule has 0 aliphatic rings. The predicted molar refractivity (Wildman–Crippen MR) is 41.5 cm³/mol. The minimum Gasteiger partial charge on any atom is -0.240 e. The first-order chi connectivity index (χ1) is 6.25. The minimum atomic E-state index is -3.27. The Labute approximate surface area is 75.8 Å². The molecule has 0 atom stereocenters. The quantitative estimate of drug-likeness (QED) is 0.669. The molecule has 0 spiro atoms. The SMILES string of the molecule is [2H]c1c(Br)nc(C(C)(F)F)c([2H])c1[2H]. The first-order valence-electron chi connectivity index (χ1n) is 4.26. The van der Waals surface area contributed by atoms with Crippen molar-refractivity contribution >= 4 is 15.9 Å². The Kier molecular flexibility index (Phi) is 1.35. The maximum atomic E-state index is 12.9. The van der Waals surface area contributed by atoms with Crippen molar-refractivity contribution in [2.24, 2.45) is 0 Å². The van der Waals surface area contributed by atoms with Gasteiger partial charge in [0.1, 0.15) is 10.3 Å². The molecule has 1 rings (SSSR count). The molecule has 0 unspecified atom stereocenters. The first-order valence-corrected chi connectivity index (χ1v) is 3.56. The molecule has 0 saturated carbocycles. The van der Waals surface area contributed by atoms with Gasteiger partial charge in [0, 0.05) is 6.92 Å². The molecule has 1 nitrogen and oxygen atoms in total. The number of hydrogen-bond acceptors (Lipinski definition) is 1. The van der Waals surface area contributed by atoms with E-state index < -0.39 is 23.7 Å². The highest BCUT2D eigenvalue weighted by Crippen LogP contribution is 2.25. The van der Waals surface area contributed by atoms with E-state index >= 15 is 0 Å². The van der Waals surface area contributed by atoms with Crippen molar-refractivity contribution in [1.82, 2.24) is 4.98 Å². The van der Waals surface area contributed by atoms with E-state index in [0.717, 1.165) is 0 Å². The molecule has 0 fully saturated rings. The number of alkyl halides is 2. The van der Waals surface area contributed by atoms with E-state index in [9.17, 15) is 8.78 Å². The summed E-state index contributed by atoms with van der Waals surface area (Å²) in [5, 5.41) is 0. The molecule has 0 aromatic carbocycles. The van der Waals surface area contributed by atoms with Crippen LogP contribution < -0.4 is 0 Å². The van der Waals surface area contributed by atoms with Crippen molar-refractivity contribution in [2.45, 2.75) is 12.8 Å². The summed E-state index contributed by atoms with van der Waals surface area (Å²) in [4.78, 5) is 3.38. The highest BCUT2D eigenvalue weighted by molar-refractivity contribution is 9.10. The van der Waals surface area contributed by atoms with Gasteiger partial charge in [-0.1, -0.05) is 6.04 Å². The number of aromatic nitrogens is 1. The number of hydrogen-bond donors (Lipinski definition) is 0. The van der Waals surface area contributed by atoms with Gasteiger partial charge in [-0.2, -0.15) is 8.78 Å². The molecule has 1 heterocycles. The van der Waals surface area contributed by atoms with Crippen LogP contribution >= 0.6 is 15.9 Å². The summed E-state index contributed by atoms with van der Waals surface area (Å²) in [7, 11) is 0. The lowest BCUT2D eigenvalue weighted by molar-refractivity contribution is 0.0126. The summed E-state index contributed by atoms with van der Waals surface area (Å²) >= 11 is 2.79. The lowest BCUT2D eigenvalue weighted by atomic mass is 10.2. The van der Waals surface area contributed by atoms with Crippen LogP contribution in [-0.4, -0.2) is 4.98 Å². The second kappa shape index (κ2) is 2.85. The summed E-state index contributed by atoms with van der Waals surface area (Å²) in [5.74, 6) is -3.27. The molecule has 0 N–H and O–H groups in total. The predicted octanol–water partition coefficient (Wildman–Crippen LogP) is 2.96. The Hall–Kier alpha value is -0.510. The zero-order valence-corrected chi connectivity index (χ0v) is 7.17. The largest absolute Gasteiger partial charge is 0.287 e. The van der Waals surface area contributed by atoms with E-state index in [1.807, 2.05) is 0 Å². The maximum absolute atomic E-state index is 12.9. The third kappa shape index (κ3) is 2.22. The van der Waals surface area contributed by atoms with Crippen LogP contribution in [0.4, 0.5) is 8.78 Å². The molecule has 60 valence electrons. The highest BCUT2D eigenvalue weighted by Gasteiger charge is 2.25. The molecule has 0 aliphatic carbocycles. The zero-order valence-electron chi connectivity index (χ0n) is 8.58. The van der Waals surface area contributed by atoms with Crippen molar-refractivity contribution in [3.8, 4) is 0 Å². The van der Waals surface area contributed by atoms with Gasteiger partial charge in [0.15, 0.2) is 0 Å². The van der Waals surface area contributed by atoms with Gasteiger partial charge in [0.25, 0.3) is 5.92 Å². The summed E-state index contributed by atoms with van der Waals surface area (Å²) < 4.78 is 47.2. The van der Waals surface area contributed by atoms with Gasteiger partial charge in [-0.3, -0.25) is 0 Å². The Bertz CT molecular complexity index is 378. The molecule has 0 bridgehead atoms. The van der Waals surface area contributed by atoms with Gasteiger partial charge in [-0.05, 0) is 28.0 Å². The molecular formula is C7H6BrF2N. The van der Waals surface area contributed by atoms with Crippen LogP contribution in [0.3, 0.4) is 0 Å². The van der Waals surface area contributed by atoms with Crippen LogP contribution in [0.5, 0.6) is 0 Å². The monoisotopic (exact) mass is 224 g/mol. The van der Waals surface area contributed by atoms with E-state index in [2.05, 4.69) is 20.9 Å². The molecule has 0 aliphatic heterocycles. The van der Waals surface area contributed by atoms with E-state index in [4.69, 9.17) is 4.11 Å². The zero-order chi connectivity index (χ0) is 11.1. The molecule has 1 aromatic rings. The molecule has 11 heavy (non-hydrogen) atoms. The topological polar surface area (TPSA) is 12.9 Å². The fourth-order valence-electron chi connectivity index (χ4n) is 0.504.